The fourth-order valence-corrected chi connectivity index (χ4v) is 3.23. The number of halogens is 1. The molecule has 0 aliphatic rings. The van der Waals surface area contributed by atoms with Gasteiger partial charge in [-0.25, -0.2) is 0 Å². The number of hydrogen-bond acceptors (Lipinski definition) is 4. The molecule has 3 aromatic rings. The topological polar surface area (TPSA) is 56.5 Å². The Morgan fingerprint density at radius 3 is 2.50 bits per heavy atom. The number of esters is 1. The van der Waals surface area contributed by atoms with Gasteiger partial charge >= 0.3 is 5.97 Å². The summed E-state index contributed by atoms with van der Waals surface area (Å²) in [6.45, 7) is 3.90. The summed E-state index contributed by atoms with van der Waals surface area (Å²) in [7, 11) is 0. The molecular weight excluding hydrogens is 352 g/mol. The summed E-state index contributed by atoms with van der Waals surface area (Å²) in [5.41, 5.74) is 1.56. The largest absolute Gasteiger partial charge is 0.466 e. The molecule has 4 nitrogen and oxygen atoms in total. The molecule has 1 heterocycles. The Morgan fingerprint density at radius 2 is 1.85 bits per heavy atom. The van der Waals surface area contributed by atoms with Crippen LogP contribution in [0.25, 0.3) is 11.0 Å². The average Bonchev–Trinajstić information content (AvgIpc) is 3.01. The monoisotopic (exact) mass is 370 g/mol. The lowest BCUT2D eigenvalue weighted by atomic mass is 9.91. The quantitative estimate of drug-likeness (QED) is 0.432. The minimum absolute atomic E-state index is 0.161. The van der Waals surface area contributed by atoms with E-state index in [4.69, 9.17) is 20.8 Å². The van der Waals surface area contributed by atoms with Crippen molar-refractivity contribution in [1.29, 1.82) is 0 Å². The number of carbonyl (C=O) groups is 2. The molecule has 0 fully saturated rings. The standard InChI is InChI=1S/C21H19ClO4/c1-3-15(21(24)25-4-2)18-16-12-14(22)10-11-17(16)26-20(18)19(23)13-8-6-5-7-9-13/h5-12,15H,3-4H2,1-2H3/t15-/m0/s1. The second-order valence-corrected chi connectivity index (χ2v) is 6.33. The Bertz CT molecular complexity index is 943. The smallest absolute Gasteiger partial charge is 0.313 e. The van der Waals surface area contributed by atoms with Gasteiger partial charge in [0.15, 0.2) is 5.76 Å². The molecule has 5 heteroatoms. The number of hydrogen-bond donors (Lipinski definition) is 0. The van der Waals surface area contributed by atoms with E-state index in [2.05, 4.69) is 0 Å². The zero-order chi connectivity index (χ0) is 18.7. The van der Waals surface area contributed by atoms with Crippen molar-refractivity contribution < 1.29 is 18.7 Å². The van der Waals surface area contributed by atoms with Crippen LogP contribution < -0.4 is 0 Å². The molecule has 1 atom stereocenters. The Balaban J connectivity index is 2.22. The van der Waals surface area contributed by atoms with Gasteiger partial charge in [0.25, 0.3) is 0 Å². The molecule has 0 saturated heterocycles. The van der Waals surface area contributed by atoms with Gasteiger partial charge in [0.05, 0.1) is 12.5 Å². The fraction of sp³-hybridized carbons (Fsp3) is 0.238. The highest BCUT2D eigenvalue weighted by Gasteiger charge is 2.31. The maximum Gasteiger partial charge on any atom is 0.313 e. The van der Waals surface area contributed by atoms with Crippen LogP contribution >= 0.6 is 11.6 Å². The van der Waals surface area contributed by atoms with E-state index in [1.165, 1.54) is 0 Å². The highest BCUT2D eigenvalue weighted by Crippen LogP contribution is 2.37. The van der Waals surface area contributed by atoms with Gasteiger partial charge in [-0.3, -0.25) is 9.59 Å². The number of furan rings is 1. The van der Waals surface area contributed by atoms with Crippen LogP contribution in [-0.4, -0.2) is 18.4 Å². The molecule has 0 aliphatic carbocycles. The third kappa shape index (κ3) is 3.37. The normalized spacial score (nSPS) is 12.1. The van der Waals surface area contributed by atoms with Crippen LogP contribution in [0.5, 0.6) is 0 Å². The molecular formula is C21H19ClO4. The molecule has 0 unspecified atom stereocenters. The summed E-state index contributed by atoms with van der Waals surface area (Å²) < 4.78 is 11.1. The first-order chi connectivity index (χ1) is 12.6. The fourth-order valence-electron chi connectivity index (χ4n) is 3.06. The molecule has 0 spiro atoms. The predicted molar refractivity (Wildman–Crippen MR) is 101 cm³/mol. The van der Waals surface area contributed by atoms with Gasteiger partial charge in [-0.1, -0.05) is 48.9 Å². The van der Waals surface area contributed by atoms with Crippen molar-refractivity contribution in [3.8, 4) is 0 Å². The first kappa shape index (κ1) is 18.2. The van der Waals surface area contributed by atoms with Crippen molar-refractivity contribution in [2.75, 3.05) is 6.61 Å². The summed E-state index contributed by atoms with van der Waals surface area (Å²) in [5.74, 6) is -1.08. The molecule has 0 amide bonds. The lowest BCUT2D eigenvalue weighted by Gasteiger charge is -2.14. The third-order valence-electron chi connectivity index (χ3n) is 4.26. The van der Waals surface area contributed by atoms with Crippen molar-refractivity contribution >= 4 is 34.3 Å². The number of carbonyl (C=O) groups excluding carboxylic acids is 2. The second kappa shape index (κ2) is 7.75. The zero-order valence-electron chi connectivity index (χ0n) is 14.6. The molecule has 0 radical (unpaired) electrons. The Morgan fingerprint density at radius 1 is 1.12 bits per heavy atom. The van der Waals surface area contributed by atoms with E-state index in [1.807, 2.05) is 13.0 Å². The van der Waals surface area contributed by atoms with E-state index >= 15 is 0 Å². The van der Waals surface area contributed by atoms with Gasteiger partial charge in [0.2, 0.25) is 5.78 Å². The SMILES string of the molecule is CCOC(=O)[C@@H](CC)c1c(C(=O)c2ccccc2)oc2ccc(Cl)cc12. The summed E-state index contributed by atoms with van der Waals surface area (Å²) >= 11 is 6.14. The van der Waals surface area contributed by atoms with Gasteiger partial charge in [0.1, 0.15) is 5.58 Å². The van der Waals surface area contributed by atoms with E-state index in [0.717, 1.165) is 0 Å². The number of fused-ring (bicyclic) bond motifs is 1. The van der Waals surface area contributed by atoms with E-state index in [9.17, 15) is 9.59 Å². The molecule has 0 saturated carbocycles. The highest BCUT2D eigenvalue weighted by molar-refractivity contribution is 6.31. The van der Waals surface area contributed by atoms with Gasteiger partial charge in [-0.05, 0) is 31.5 Å². The van der Waals surface area contributed by atoms with Crippen molar-refractivity contribution in [1.82, 2.24) is 0 Å². The van der Waals surface area contributed by atoms with Crippen molar-refractivity contribution in [2.45, 2.75) is 26.2 Å². The molecule has 1 aromatic heterocycles. The first-order valence-electron chi connectivity index (χ1n) is 8.55. The number of ether oxygens (including phenoxy) is 1. The Kier molecular flexibility index (Phi) is 5.43. The summed E-state index contributed by atoms with van der Waals surface area (Å²) in [4.78, 5) is 25.5. The van der Waals surface area contributed by atoms with E-state index in [-0.39, 0.29) is 24.1 Å². The lowest BCUT2D eigenvalue weighted by Crippen LogP contribution is -2.17. The molecule has 0 bridgehead atoms. The Hall–Kier alpha value is -2.59. The molecule has 3 rings (SSSR count). The number of rotatable bonds is 6. The summed E-state index contributed by atoms with van der Waals surface area (Å²) in [6, 6.07) is 14.0. The van der Waals surface area contributed by atoms with Gasteiger partial charge in [0, 0.05) is 21.5 Å². The minimum atomic E-state index is -0.600. The lowest BCUT2D eigenvalue weighted by molar-refractivity contribution is -0.145. The van der Waals surface area contributed by atoms with Crippen molar-refractivity contribution in [3.05, 3.63) is 70.4 Å². The van der Waals surface area contributed by atoms with Crippen LogP contribution in [0.3, 0.4) is 0 Å². The first-order valence-corrected chi connectivity index (χ1v) is 8.92. The van der Waals surface area contributed by atoms with Gasteiger partial charge in [-0.15, -0.1) is 0 Å². The predicted octanol–water partition coefficient (Wildman–Crippen LogP) is 5.37. The molecule has 0 aliphatic heterocycles. The highest BCUT2D eigenvalue weighted by atomic mass is 35.5. The van der Waals surface area contributed by atoms with Gasteiger partial charge in [-0.2, -0.15) is 0 Å². The number of benzene rings is 2. The molecule has 2 aromatic carbocycles. The maximum atomic E-state index is 13.0. The van der Waals surface area contributed by atoms with Crippen LogP contribution in [0.4, 0.5) is 0 Å². The van der Waals surface area contributed by atoms with Crippen LogP contribution in [0.1, 0.15) is 47.9 Å². The van der Waals surface area contributed by atoms with E-state index in [0.29, 0.717) is 33.5 Å². The maximum absolute atomic E-state index is 13.0. The van der Waals surface area contributed by atoms with E-state index in [1.54, 1.807) is 49.4 Å². The van der Waals surface area contributed by atoms with Crippen LogP contribution in [0, 0.1) is 0 Å². The molecule has 134 valence electrons. The zero-order valence-corrected chi connectivity index (χ0v) is 15.4. The summed E-state index contributed by atoms with van der Waals surface area (Å²) in [5, 5.41) is 1.17. The Labute approximate surface area is 156 Å². The van der Waals surface area contributed by atoms with Crippen LogP contribution in [0.15, 0.2) is 52.9 Å². The van der Waals surface area contributed by atoms with Crippen molar-refractivity contribution in [2.24, 2.45) is 0 Å². The van der Waals surface area contributed by atoms with Crippen LogP contribution in [-0.2, 0) is 9.53 Å². The molecule has 0 N–H and O–H groups in total. The number of ketones is 1. The van der Waals surface area contributed by atoms with Crippen LogP contribution in [0.2, 0.25) is 5.02 Å². The molecule has 26 heavy (non-hydrogen) atoms. The summed E-state index contributed by atoms with van der Waals surface area (Å²) in [6.07, 6.45) is 0.481. The van der Waals surface area contributed by atoms with Gasteiger partial charge < -0.3 is 9.15 Å². The second-order valence-electron chi connectivity index (χ2n) is 5.89. The third-order valence-corrected chi connectivity index (χ3v) is 4.49. The van der Waals surface area contributed by atoms with Crippen molar-refractivity contribution in [3.63, 3.8) is 0 Å². The minimum Gasteiger partial charge on any atom is -0.466 e. The average molecular weight is 371 g/mol. The van der Waals surface area contributed by atoms with E-state index < -0.39 is 5.92 Å².